The average molecular weight is 271 g/mol. The number of hydrogen-bond acceptors (Lipinski definition) is 4. The Kier molecular flexibility index (Phi) is 3.61. The lowest BCUT2D eigenvalue weighted by atomic mass is 10.2. The molecule has 0 amide bonds. The molecule has 18 heavy (non-hydrogen) atoms. The average Bonchev–Trinajstić information content (AvgIpc) is 2.71. The van der Waals surface area contributed by atoms with Gasteiger partial charge in [-0.25, -0.2) is 8.42 Å². The van der Waals surface area contributed by atoms with Crippen molar-refractivity contribution in [2.75, 3.05) is 13.1 Å². The zero-order valence-electron chi connectivity index (χ0n) is 10.5. The first kappa shape index (κ1) is 13.3. The molecule has 2 heterocycles. The van der Waals surface area contributed by atoms with Gasteiger partial charge in [0.15, 0.2) is 0 Å². The quantitative estimate of drug-likeness (QED) is 0.844. The molecule has 0 aromatic carbocycles. The molecular weight excluding hydrogens is 254 g/mol. The van der Waals surface area contributed by atoms with Crippen molar-refractivity contribution in [3.8, 4) is 0 Å². The van der Waals surface area contributed by atoms with E-state index in [-0.39, 0.29) is 17.3 Å². The Hall–Kier alpha value is -1.11. The van der Waals surface area contributed by atoms with E-state index in [4.69, 9.17) is 9.52 Å². The largest absolute Gasteiger partial charge is 0.462 e. The van der Waals surface area contributed by atoms with Crippen LogP contribution < -0.4 is 0 Å². The highest BCUT2D eigenvalue weighted by atomic mass is 32.2. The van der Waals surface area contributed by atoms with Crippen LogP contribution in [-0.4, -0.2) is 30.9 Å². The van der Waals surface area contributed by atoms with Crippen molar-refractivity contribution >= 4 is 10.0 Å². The summed E-state index contributed by atoms with van der Waals surface area (Å²) in [7, 11) is -3.53. The molecule has 0 atom stereocenters. The summed E-state index contributed by atoms with van der Waals surface area (Å²) < 4.78 is 31.5. The van der Waals surface area contributed by atoms with Crippen molar-refractivity contribution in [2.45, 2.75) is 31.8 Å². The van der Waals surface area contributed by atoms with Crippen LogP contribution in [0.4, 0.5) is 0 Å². The fraction of sp³-hybridized carbons (Fsp3) is 0.500. The van der Waals surface area contributed by atoms with E-state index in [0.717, 1.165) is 12.0 Å². The Morgan fingerprint density at radius 1 is 1.44 bits per heavy atom. The third-order valence-electron chi connectivity index (χ3n) is 2.99. The van der Waals surface area contributed by atoms with E-state index >= 15 is 0 Å². The maximum atomic E-state index is 12.4. The minimum Gasteiger partial charge on any atom is -0.462 e. The Labute approximate surface area is 107 Å². The van der Waals surface area contributed by atoms with E-state index in [1.807, 2.05) is 13.0 Å². The minimum absolute atomic E-state index is 0.154. The zero-order valence-corrected chi connectivity index (χ0v) is 11.3. The number of hydrogen-bond donors (Lipinski definition) is 1. The van der Waals surface area contributed by atoms with Gasteiger partial charge in [0.05, 0.1) is 0 Å². The van der Waals surface area contributed by atoms with Gasteiger partial charge < -0.3 is 9.52 Å². The van der Waals surface area contributed by atoms with Gasteiger partial charge in [0.2, 0.25) is 10.0 Å². The van der Waals surface area contributed by atoms with Crippen molar-refractivity contribution in [2.24, 2.45) is 0 Å². The van der Waals surface area contributed by atoms with Crippen molar-refractivity contribution in [1.29, 1.82) is 0 Å². The summed E-state index contributed by atoms with van der Waals surface area (Å²) in [5, 5.41) is 8.98. The normalized spacial score (nSPS) is 17.8. The highest BCUT2D eigenvalue weighted by Crippen LogP contribution is 2.25. The molecule has 0 bridgehead atoms. The number of aliphatic hydroxyl groups excluding tert-OH is 1. The molecule has 0 saturated carbocycles. The molecule has 0 saturated heterocycles. The Bertz CT molecular complexity index is 571. The maximum Gasteiger partial charge on any atom is 0.246 e. The molecule has 5 nitrogen and oxygen atoms in total. The first-order chi connectivity index (χ1) is 8.45. The third-order valence-corrected chi connectivity index (χ3v) is 4.95. The standard InChI is InChI=1S/C12H17NO4S/c1-9-4-3-5-13(7-9)18(15,16)12-6-11(8-14)17-10(12)2/h4,6,14H,3,5,7-8H2,1-2H3. The molecule has 0 fully saturated rings. The summed E-state index contributed by atoms with van der Waals surface area (Å²) in [5.41, 5.74) is 1.05. The van der Waals surface area contributed by atoms with Gasteiger partial charge in [0.1, 0.15) is 23.0 Å². The summed E-state index contributed by atoms with van der Waals surface area (Å²) >= 11 is 0. The van der Waals surface area contributed by atoms with Crippen LogP contribution in [0.15, 0.2) is 27.0 Å². The van der Waals surface area contributed by atoms with Crippen molar-refractivity contribution in [1.82, 2.24) is 4.31 Å². The molecule has 0 aliphatic carbocycles. The number of nitrogens with zero attached hydrogens (tertiary/aromatic N) is 1. The molecule has 0 unspecified atom stereocenters. The SMILES string of the molecule is CC1=CCCN(S(=O)(=O)c2cc(CO)oc2C)C1. The predicted octanol–water partition coefficient (Wildman–Crippen LogP) is 1.42. The summed E-state index contributed by atoms with van der Waals surface area (Å²) in [5.74, 6) is 0.599. The van der Waals surface area contributed by atoms with E-state index in [1.54, 1.807) is 6.92 Å². The molecule has 1 aromatic heterocycles. The lowest BCUT2D eigenvalue weighted by Gasteiger charge is -2.25. The topological polar surface area (TPSA) is 70.8 Å². The molecule has 100 valence electrons. The van der Waals surface area contributed by atoms with Gasteiger partial charge in [0, 0.05) is 19.2 Å². The van der Waals surface area contributed by atoms with Crippen LogP contribution in [0.2, 0.25) is 0 Å². The Morgan fingerprint density at radius 2 is 2.17 bits per heavy atom. The van der Waals surface area contributed by atoms with Crippen LogP contribution in [0, 0.1) is 6.92 Å². The minimum atomic E-state index is -3.53. The highest BCUT2D eigenvalue weighted by molar-refractivity contribution is 7.89. The van der Waals surface area contributed by atoms with Crippen LogP contribution in [0.1, 0.15) is 24.9 Å². The van der Waals surface area contributed by atoms with Crippen LogP contribution in [0.5, 0.6) is 0 Å². The number of aryl methyl sites for hydroxylation is 1. The van der Waals surface area contributed by atoms with Crippen LogP contribution in [-0.2, 0) is 16.6 Å². The lowest BCUT2D eigenvalue weighted by molar-refractivity contribution is 0.244. The molecule has 1 aromatic rings. The molecule has 1 aliphatic rings. The van der Waals surface area contributed by atoms with Crippen LogP contribution in [0.3, 0.4) is 0 Å². The smallest absolute Gasteiger partial charge is 0.246 e. The van der Waals surface area contributed by atoms with Crippen LogP contribution >= 0.6 is 0 Å². The highest BCUT2D eigenvalue weighted by Gasteiger charge is 2.29. The van der Waals surface area contributed by atoms with E-state index in [0.29, 0.717) is 18.8 Å². The van der Waals surface area contributed by atoms with E-state index in [9.17, 15) is 8.42 Å². The van der Waals surface area contributed by atoms with E-state index in [1.165, 1.54) is 10.4 Å². The molecular formula is C12H17NO4S. The molecule has 0 spiro atoms. The zero-order chi connectivity index (χ0) is 13.3. The second-order valence-electron chi connectivity index (χ2n) is 4.47. The second kappa shape index (κ2) is 4.87. The second-order valence-corrected chi connectivity index (χ2v) is 6.38. The van der Waals surface area contributed by atoms with Gasteiger partial charge in [-0.3, -0.25) is 0 Å². The predicted molar refractivity (Wildman–Crippen MR) is 66.5 cm³/mol. The molecule has 1 aliphatic heterocycles. The molecule has 0 radical (unpaired) electrons. The monoisotopic (exact) mass is 271 g/mol. The number of aliphatic hydroxyl groups is 1. The van der Waals surface area contributed by atoms with Crippen molar-refractivity contribution in [3.05, 3.63) is 29.2 Å². The third kappa shape index (κ3) is 2.36. The fourth-order valence-corrected chi connectivity index (χ4v) is 3.76. The van der Waals surface area contributed by atoms with Gasteiger partial charge in [-0.2, -0.15) is 4.31 Å². The van der Waals surface area contributed by atoms with Gasteiger partial charge >= 0.3 is 0 Å². The van der Waals surface area contributed by atoms with E-state index < -0.39 is 10.0 Å². The van der Waals surface area contributed by atoms with Gasteiger partial charge in [-0.15, -0.1) is 0 Å². The van der Waals surface area contributed by atoms with Crippen LogP contribution in [0.25, 0.3) is 0 Å². The Morgan fingerprint density at radius 3 is 2.72 bits per heavy atom. The van der Waals surface area contributed by atoms with Crippen molar-refractivity contribution < 1.29 is 17.9 Å². The number of furan rings is 1. The first-order valence-electron chi connectivity index (χ1n) is 5.81. The maximum absolute atomic E-state index is 12.4. The van der Waals surface area contributed by atoms with Crippen molar-refractivity contribution in [3.63, 3.8) is 0 Å². The van der Waals surface area contributed by atoms with Gasteiger partial charge in [-0.05, 0) is 20.3 Å². The Balaban J connectivity index is 2.36. The van der Waals surface area contributed by atoms with Gasteiger partial charge in [-0.1, -0.05) is 11.6 Å². The summed E-state index contributed by atoms with van der Waals surface area (Å²) in [6, 6.07) is 1.40. The summed E-state index contributed by atoms with van der Waals surface area (Å²) in [6.45, 7) is 4.12. The van der Waals surface area contributed by atoms with Gasteiger partial charge in [0.25, 0.3) is 0 Å². The molecule has 6 heteroatoms. The molecule has 1 N–H and O–H groups in total. The fourth-order valence-electron chi connectivity index (χ4n) is 2.08. The number of rotatable bonds is 3. The lowest BCUT2D eigenvalue weighted by Crippen LogP contribution is -2.35. The summed E-state index contributed by atoms with van der Waals surface area (Å²) in [4.78, 5) is 0.154. The summed E-state index contributed by atoms with van der Waals surface area (Å²) in [6.07, 6.45) is 2.78. The van der Waals surface area contributed by atoms with E-state index in [2.05, 4.69) is 0 Å². The number of sulfonamides is 1. The first-order valence-corrected chi connectivity index (χ1v) is 7.25. The molecule has 2 rings (SSSR count).